The van der Waals surface area contributed by atoms with Crippen LogP contribution in [0.15, 0.2) is 47.0 Å². The summed E-state index contributed by atoms with van der Waals surface area (Å²) in [5.41, 5.74) is 0.528. The molecule has 4 rings (SSSR count). The molecule has 0 saturated carbocycles. The van der Waals surface area contributed by atoms with Gasteiger partial charge in [-0.1, -0.05) is 23.4 Å². The molecule has 150 valence electrons. The van der Waals surface area contributed by atoms with Gasteiger partial charge in [-0.25, -0.2) is 4.39 Å². The van der Waals surface area contributed by atoms with Gasteiger partial charge in [-0.05, 0) is 36.8 Å². The van der Waals surface area contributed by atoms with Crippen molar-refractivity contribution in [1.29, 1.82) is 0 Å². The minimum atomic E-state index is -4.43. The maximum atomic E-state index is 13.8. The van der Waals surface area contributed by atoms with Gasteiger partial charge in [0, 0.05) is 24.2 Å². The quantitative estimate of drug-likeness (QED) is 0.592. The van der Waals surface area contributed by atoms with Crippen LogP contribution >= 0.6 is 0 Å². The molecule has 0 spiro atoms. The number of anilines is 1. The Morgan fingerprint density at radius 1 is 1.14 bits per heavy atom. The van der Waals surface area contributed by atoms with E-state index in [2.05, 4.69) is 10.1 Å². The highest BCUT2D eigenvalue weighted by molar-refractivity contribution is 5.96. The molecule has 0 aliphatic carbocycles. The van der Waals surface area contributed by atoms with Gasteiger partial charge in [0.15, 0.2) is 0 Å². The lowest BCUT2D eigenvalue weighted by Gasteiger charge is -2.16. The van der Waals surface area contributed by atoms with Gasteiger partial charge in [0.05, 0.1) is 11.5 Å². The molecule has 1 saturated heterocycles. The minimum Gasteiger partial charge on any atom is -0.339 e. The van der Waals surface area contributed by atoms with Crippen LogP contribution in [0, 0.1) is 12.7 Å². The first-order chi connectivity index (χ1) is 13.7. The predicted molar refractivity (Wildman–Crippen MR) is 95.6 cm³/mol. The van der Waals surface area contributed by atoms with Crippen LogP contribution in [0.3, 0.4) is 0 Å². The summed E-state index contributed by atoms with van der Waals surface area (Å²) in [5.74, 6) is -0.638. The lowest BCUT2D eigenvalue weighted by atomic mass is 10.1. The largest absolute Gasteiger partial charge is 0.416 e. The molecule has 3 aromatic rings. The predicted octanol–water partition coefficient (Wildman–Crippen LogP) is 4.72. The second-order valence-corrected chi connectivity index (χ2v) is 6.87. The summed E-state index contributed by atoms with van der Waals surface area (Å²) in [6.45, 7) is 1.88. The number of halogens is 4. The van der Waals surface area contributed by atoms with Crippen molar-refractivity contribution in [2.75, 3.05) is 11.4 Å². The van der Waals surface area contributed by atoms with E-state index in [0.29, 0.717) is 16.8 Å². The molecule has 1 atom stereocenters. The Labute approximate surface area is 162 Å². The topological polar surface area (TPSA) is 59.2 Å². The van der Waals surface area contributed by atoms with Gasteiger partial charge in [0.25, 0.3) is 0 Å². The third-order valence-electron chi connectivity index (χ3n) is 4.85. The van der Waals surface area contributed by atoms with Crippen LogP contribution in [-0.2, 0) is 11.0 Å². The average molecular weight is 405 g/mol. The molecule has 1 aliphatic rings. The summed E-state index contributed by atoms with van der Waals surface area (Å²) in [5, 5.41) is 3.81. The molecule has 1 aromatic heterocycles. The van der Waals surface area contributed by atoms with Gasteiger partial charge in [-0.2, -0.15) is 18.2 Å². The third-order valence-corrected chi connectivity index (χ3v) is 4.85. The Morgan fingerprint density at radius 3 is 2.52 bits per heavy atom. The van der Waals surface area contributed by atoms with Crippen molar-refractivity contribution in [1.82, 2.24) is 10.1 Å². The fraction of sp³-hybridized carbons (Fsp3) is 0.250. The van der Waals surface area contributed by atoms with Gasteiger partial charge in [-0.3, -0.25) is 4.79 Å². The first-order valence-electron chi connectivity index (χ1n) is 8.80. The van der Waals surface area contributed by atoms with Crippen LogP contribution in [0.1, 0.15) is 29.4 Å². The molecule has 9 heteroatoms. The van der Waals surface area contributed by atoms with Crippen molar-refractivity contribution in [3.05, 3.63) is 65.3 Å². The van der Waals surface area contributed by atoms with Gasteiger partial charge < -0.3 is 9.42 Å². The molecular weight excluding hydrogens is 390 g/mol. The SMILES string of the molecule is Cc1ccc(N2C[C@H](c3nc(-c4ccc(C(F)(F)F)cc4)no3)CC2=O)cc1F. The number of carbonyl (C=O) groups excluding carboxylic acids is 1. The molecule has 2 heterocycles. The normalized spacial score (nSPS) is 17.2. The Balaban J connectivity index is 1.52. The number of hydrogen-bond donors (Lipinski definition) is 0. The van der Waals surface area contributed by atoms with E-state index in [0.717, 1.165) is 12.1 Å². The number of rotatable bonds is 3. The van der Waals surface area contributed by atoms with E-state index < -0.39 is 17.6 Å². The molecule has 1 aliphatic heterocycles. The van der Waals surface area contributed by atoms with Crippen LogP contribution in [0.2, 0.25) is 0 Å². The van der Waals surface area contributed by atoms with Crippen molar-refractivity contribution in [2.24, 2.45) is 0 Å². The molecule has 29 heavy (non-hydrogen) atoms. The summed E-state index contributed by atoms with van der Waals surface area (Å²) in [6.07, 6.45) is -4.31. The van der Waals surface area contributed by atoms with Crippen molar-refractivity contribution in [3.8, 4) is 11.4 Å². The van der Waals surface area contributed by atoms with Crippen LogP contribution in [0.25, 0.3) is 11.4 Å². The summed E-state index contributed by atoms with van der Waals surface area (Å²) in [6, 6.07) is 8.98. The van der Waals surface area contributed by atoms with E-state index in [-0.39, 0.29) is 36.5 Å². The number of aromatic nitrogens is 2. The van der Waals surface area contributed by atoms with E-state index in [1.54, 1.807) is 19.1 Å². The standard InChI is InChI=1S/C20H15F4N3O2/c1-11-2-7-15(9-16(11)21)27-10-13(8-17(27)28)19-25-18(26-29-19)12-3-5-14(6-4-12)20(22,23)24/h2-7,9,13H,8,10H2,1H3/t13-/m1/s1. The summed E-state index contributed by atoms with van der Waals surface area (Å²) in [4.78, 5) is 18.1. The molecule has 1 fully saturated rings. The fourth-order valence-electron chi connectivity index (χ4n) is 3.20. The van der Waals surface area contributed by atoms with Crippen molar-refractivity contribution in [2.45, 2.75) is 25.4 Å². The highest BCUT2D eigenvalue weighted by Gasteiger charge is 2.35. The zero-order valence-corrected chi connectivity index (χ0v) is 15.2. The maximum Gasteiger partial charge on any atom is 0.416 e. The van der Waals surface area contributed by atoms with E-state index in [1.165, 1.54) is 23.1 Å². The lowest BCUT2D eigenvalue weighted by Crippen LogP contribution is -2.24. The lowest BCUT2D eigenvalue weighted by molar-refractivity contribution is -0.137. The molecule has 1 amide bonds. The monoisotopic (exact) mass is 405 g/mol. The molecule has 0 N–H and O–H groups in total. The van der Waals surface area contributed by atoms with E-state index >= 15 is 0 Å². The highest BCUT2D eigenvalue weighted by atomic mass is 19.4. The van der Waals surface area contributed by atoms with Crippen LogP contribution < -0.4 is 4.90 Å². The minimum absolute atomic E-state index is 0.115. The second-order valence-electron chi connectivity index (χ2n) is 6.87. The zero-order valence-electron chi connectivity index (χ0n) is 15.2. The molecule has 2 aromatic carbocycles. The van der Waals surface area contributed by atoms with E-state index in [9.17, 15) is 22.4 Å². The van der Waals surface area contributed by atoms with E-state index in [4.69, 9.17) is 4.52 Å². The summed E-state index contributed by atoms with van der Waals surface area (Å²) in [7, 11) is 0. The van der Waals surface area contributed by atoms with Gasteiger partial charge in [0.1, 0.15) is 5.82 Å². The Hall–Kier alpha value is -3.23. The third kappa shape index (κ3) is 3.72. The number of benzene rings is 2. The molecule has 0 radical (unpaired) electrons. The smallest absolute Gasteiger partial charge is 0.339 e. The first kappa shape index (κ1) is 19.1. The molecular formula is C20H15F4N3O2. The highest BCUT2D eigenvalue weighted by Crippen LogP contribution is 2.33. The van der Waals surface area contributed by atoms with Crippen molar-refractivity contribution >= 4 is 11.6 Å². The molecule has 5 nitrogen and oxygen atoms in total. The van der Waals surface area contributed by atoms with Crippen LogP contribution in [0.4, 0.5) is 23.2 Å². The fourth-order valence-corrected chi connectivity index (χ4v) is 3.20. The van der Waals surface area contributed by atoms with Gasteiger partial charge in [0.2, 0.25) is 17.6 Å². The molecule has 0 unspecified atom stereocenters. The maximum absolute atomic E-state index is 13.8. The van der Waals surface area contributed by atoms with Gasteiger partial charge in [-0.15, -0.1) is 0 Å². The summed E-state index contributed by atoms with van der Waals surface area (Å²) < 4.78 is 57.1. The number of carbonyl (C=O) groups is 1. The van der Waals surface area contributed by atoms with Crippen LogP contribution in [0.5, 0.6) is 0 Å². The zero-order chi connectivity index (χ0) is 20.8. The number of alkyl halides is 3. The number of aryl methyl sites for hydroxylation is 1. The number of nitrogens with zero attached hydrogens (tertiary/aromatic N) is 3. The van der Waals surface area contributed by atoms with Crippen molar-refractivity contribution < 1.29 is 26.9 Å². The Kier molecular flexibility index (Phi) is 4.60. The Bertz CT molecular complexity index is 1060. The van der Waals surface area contributed by atoms with Crippen LogP contribution in [-0.4, -0.2) is 22.6 Å². The first-order valence-corrected chi connectivity index (χ1v) is 8.80. The number of amides is 1. The summed E-state index contributed by atoms with van der Waals surface area (Å²) >= 11 is 0. The van der Waals surface area contributed by atoms with Crippen molar-refractivity contribution in [3.63, 3.8) is 0 Å². The van der Waals surface area contributed by atoms with E-state index in [1.807, 2.05) is 0 Å². The molecule has 0 bridgehead atoms. The van der Waals surface area contributed by atoms with Gasteiger partial charge >= 0.3 is 6.18 Å². The second kappa shape index (κ2) is 6.98. The Morgan fingerprint density at radius 2 is 1.86 bits per heavy atom. The average Bonchev–Trinajstić information content (AvgIpc) is 3.30. The number of hydrogen-bond acceptors (Lipinski definition) is 4.